The average Bonchev–Trinajstić information content (AvgIpc) is 2.73. The molecule has 0 saturated carbocycles. The third-order valence-electron chi connectivity index (χ3n) is 5.18. The van der Waals surface area contributed by atoms with Crippen LogP contribution in [0.15, 0.2) is 46.9 Å². The molecule has 0 spiro atoms. The van der Waals surface area contributed by atoms with E-state index < -0.39 is 10.0 Å². The van der Waals surface area contributed by atoms with E-state index in [1.807, 2.05) is 31.2 Å². The zero-order chi connectivity index (χ0) is 21.9. The van der Waals surface area contributed by atoms with Crippen molar-refractivity contribution >= 4 is 43.2 Å². The van der Waals surface area contributed by atoms with Crippen LogP contribution in [0.5, 0.6) is 5.75 Å². The molecule has 0 radical (unpaired) electrons. The molecule has 1 aliphatic rings. The van der Waals surface area contributed by atoms with E-state index in [-0.39, 0.29) is 12.5 Å². The maximum Gasteiger partial charge on any atom is 0.243 e. The number of sulfonamides is 1. The standard InChI is InChI=1S/C21H26BrN3O4S/c1-16-14-18(6-9-20(16)22)25(30(3,27)28)15-21(26)24-12-10-23(11-13-24)17-4-7-19(29-2)8-5-17/h4-9,14H,10-13,15H2,1-3H3. The molecule has 30 heavy (non-hydrogen) atoms. The van der Waals surface area contributed by atoms with Gasteiger partial charge < -0.3 is 14.5 Å². The van der Waals surface area contributed by atoms with Crippen molar-refractivity contribution in [3.8, 4) is 5.75 Å². The van der Waals surface area contributed by atoms with Crippen LogP contribution in [0.2, 0.25) is 0 Å². The quantitative estimate of drug-likeness (QED) is 0.616. The highest BCUT2D eigenvalue weighted by molar-refractivity contribution is 9.10. The van der Waals surface area contributed by atoms with Gasteiger partial charge in [0.15, 0.2) is 0 Å². The molecule has 2 aromatic rings. The van der Waals surface area contributed by atoms with Crippen LogP contribution >= 0.6 is 15.9 Å². The molecule has 0 unspecified atom stereocenters. The van der Waals surface area contributed by atoms with E-state index in [1.54, 1.807) is 30.2 Å². The van der Waals surface area contributed by atoms with Crippen LogP contribution in [0, 0.1) is 6.92 Å². The van der Waals surface area contributed by atoms with Crippen LogP contribution in [0.4, 0.5) is 11.4 Å². The Hall–Kier alpha value is -2.26. The number of benzene rings is 2. The number of carbonyl (C=O) groups excluding carboxylic acids is 1. The minimum Gasteiger partial charge on any atom is -0.497 e. The smallest absolute Gasteiger partial charge is 0.243 e. The maximum absolute atomic E-state index is 12.9. The SMILES string of the molecule is COc1ccc(N2CCN(C(=O)CN(c3ccc(Br)c(C)c3)S(C)(=O)=O)CC2)cc1. The Morgan fingerprint density at radius 1 is 1.10 bits per heavy atom. The Morgan fingerprint density at radius 3 is 2.27 bits per heavy atom. The second kappa shape index (κ2) is 9.26. The molecule has 0 N–H and O–H groups in total. The van der Waals surface area contributed by atoms with Crippen molar-refractivity contribution in [1.82, 2.24) is 4.90 Å². The summed E-state index contributed by atoms with van der Waals surface area (Å²) < 4.78 is 32.0. The van der Waals surface area contributed by atoms with E-state index in [1.165, 1.54) is 4.31 Å². The lowest BCUT2D eigenvalue weighted by Crippen LogP contribution is -2.52. The Morgan fingerprint density at radius 2 is 1.73 bits per heavy atom. The van der Waals surface area contributed by atoms with Gasteiger partial charge >= 0.3 is 0 Å². The number of carbonyl (C=O) groups is 1. The Balaban J connectivity index is 1.66. The van der Waals surface area contributed by atoms with Gasteiger partial charge in [-0.05, 0) is 55.0 Å². The summed E-state index contributed by atoms with van der Waals surface area (Å²) in [5.74, 6) is 0.604. The van der Waals surface area contributed by atoms with E-state index in [2.05, 4.69) is 20.8 Å². The summed E-state index contributed by atoms with van der Waals surface area (Å²) in [4.78, 5) is 16.8. The molecular formula is C21H26BrN3O4S. The molecule has 1 fully saturated rings. The Kier molecular flexibility index (Phi) is 6.92. The van der Waals surface area contributed by atoms with Gasteiger partial charge in [0.05, 0.1) is 19.1 Å². The van der Waals surface area contributed by atoms with Crippen molar-refractivity contribution in [3.05, 3.63) is 52.5 Å². The zero-order valence-electron chi connectivity index (χ0n) is 17.3. The molecule has 0 atom stereocenters. The van der Waals surface area contributed by atoms with Crippen molar-refractivity contribution in [2.24, 2.45) is 0 Å². The molecule has 0 bridgehead atoms. The zero-order valence-corrected chi connectivity index (χ0v) is 19.7. The van der Waals surface area contributed by atoms with E-state index in [0.717, 1.165) is 27.7 Å². The Bertz CT molecular complexity index is 1000. The van der Waals surface area contributed by atoms with E-state index >= 15 is 0 Å². The molecule has 9 heteroatoms. The number of hydrogen-bond donors (Lipinski definition) is 0. The van der Waals surface area contributed by atoms with Gasteiger partial charge in [0.2, 0.25) is 15.9 Å². The number of nitrogens with zero attached hydrogens (tertiary/aromatic N) is 3. The number of aryl methyl sites for hydroxylation is 1. The molecule has 2 aromatic carbocycles. The third kappa shape index (κ3) is 5.26. The highest BCUT2D eigenvalue weighted by atomic mass is 79.9. The molecule has 1 heterocycles. The van der Waals surface area contributed by atoms with Gasteiger partial charge in [-0.2, -0.15) is 0 Å². The first-order valence-electron chi connectivity index (χ1n) is 9.59. The third-order valence-corrected chi connectivity index (χ3v) is 7.21. The van der Waals surface area contributed by atoms with Crippen molar-refractivity contribution < 1.29 is 17.9 Å². The fourth-order valence-corrected chi connectivity index (χ4v) is 4.50. The number of piperazine rings is 1. The number of ether oxygens (including phenoxy) is 1. The number of hydrogen-bond acceptors (Lipinski definition) is 5. The predicted octanol–water partition coefficient (Wildman–Crippen LogP) is 2.88. The van der Waals surface area contributed by atoms with Crippen molar-refractivity contribution in [2.45, 2.75) is 6.92 Å². The largest absolute Gasteiger partial charge is 0.497 e. The summed E-state index contributed by atoms with van der Waals surface area (Å²) in [6.07, 6.45) is 1.12. The molecule has 1 saturated heterocycles. The number of halogens is 1. The molecular weight excluding hydrogens is 470 g/mol. The van der Waals surface area contributed by atoms with Gasteiger partial charge in [-0.15, -0.1) is 0 Å². The second-order valence-electron chi connectivity index (χ2n) is 7.27. The molecule has 7 nitrogen and oxygen atoms in total. The first-order valence-corrected chi connectivity index (χ1v) is 12.2. The monoisotopic (exact) mass is 495 g/mol. The van der Waals surface area contributed by atoms with Gasteiger partial charge in [-0.1, -0.05) is 15.9 Å². The summed E-state index contributed by atoms with van der Waals surface area (Å²) in [6.45, 7) is 4.14. The first-order chi connectivity index (χ1) is 14.2. The van der Waals surface area contributed by atoms with Crippen molar-refractivity contribution in [1.29, 1.82) is 0 Å². The lowest BCUT2D eigenvalue weighted by molar-refractivity contribution is -0.129. The van der Waals surface area contributed by atoms with Crippen LogP contribution in [-0.4, -0.2) is 65.3 Å². The number of amides is 1. The molecule has 162 valence electrons. The lowest BCUT2D eigenvalue weighted by atomic mass is 10.2. The maximum atomic E-state index is 12.9. The average molecular weight is 496 g/mol. The summed E-state index contributed by atoms with van der Waals surface area (Å²) in [5, 5.41) is 0. The van der Waals surface area contributed by atoms with Crippen LogP contribution < -0.4 is 13.9 Å². The van der Waals surface area contributed by atoms with E-state index in [9.17, 15) is 13.2 Å². The molecule has 1 amide bonds. The molecule has 0 aliphatic carbocycles. The minimum atomic E-state index is -3.59. The first kappa shape index (κ1) is 22.4. The number of anilines is 2. The van der Waals surface area contributed by atoms with Crippen LogP contribution in [0.25, 0.3) is 0 Å². The van der Waals surface area contributed by atoms with Gasteiger partial charge in [-0.25, -0.2) is 8.42 Å². The lowest BCUT2D eigenvalue weighted by Gasteiger charge is -2.37. The molecule has 3 rings (SSSR count). The fraction of sp³-hybridized carbons (Fsp3) is 0.381. The van der Waals surface area contributed by atoms with E-state index in [0.29, 0.717) is 31.9 Å². The second-order valence-corrected chi connectivity index (χ2v) is 10.0. The van der Waals surface area contributed by atoms with Gasteiger partial charge in [0.1, 0.15) is 12.3 Å². The topological polar surface area (TPSA) is 70.2 Å². The predicted molar refractivity (Wildman–Crippen MR) is 123 cm³/mol. The summed E-state index contributed by atoms with van der Waals surface area (Å²) in [6, 6.07) is 13.1. The highest BCUT2D eigenvalue weighted by Gasteiger charge is 2.27. The van der Waals surface area contributed by atoms with Crippen LogP contribution in [-0.2, 0) is 14.8 Å². The minimum absolute atomic E-state index is 0.199. The van der Waals surface area contributed by atoms with E-state index in [4.69, 9.17) is 4.74 Å². The van der Waals surface area contributed by atoms with Gasteiger partial charge in [0, 0.05) is 36.3 Å². The number of rotatable bonds is 6. The normalized spacial score (nSPS) is 14.5. The van der Waals surface area contributed by atoms with Crippen LogP contribution in [0.1, 0.15) is 5.56 Å². The molecule has 1 aliphatic heterocycles. The fourth-order valence-electron chi connectivity index (χ4n) is 3.41. The summed E-state index contributed by atoms with van der Waals surface area (Å²) >= 11 is 3.42. The van der Waals surface area contributed by atoms with Crippen molar-refractivity contribution in [3.63, 3.8) is 0 Å². The highest BCUT2D eigenvalue weighted by Crippen LogP contribution is 2.25. The summed E-state index contributed by atoms with van der Waals surface area (Å²) in [5.41, 5.74) is 2.47. The molecule has 0 aromatic heterocycles. The number of methoxy groups -OCH3 is 1. The van der Waals surface area contributed by atoms with Gasteiger partial charge in [0.25, 0.3) is 0 Å². The Labute approximate surface area is 186 Å². The van der Waals surface area contributed by atoms with Crippen molar-refractivity contribution in [2.75, 3.05) is 55.3 Å². The summed E-state index contributed by atoms with van der Waals surface area (Å²) in [7, 11) is -1.96. The van der Waals surface area contributed by atoms with Gasteiger partial charge in [-0.3, -0.25) is 9.10 Å². The van der Waals surface area contributed by atoms with Crippen LogP contribution in [0.3, 0.4) is 0 Å².